The van der Waals surface area contributed by atoms with Crippen LogP contribution in [0.2, 0.25) is 0 Å². The smallest absolute Gasteiger partial charge is 0.303 e. The molecule has 17 heavy (non-hydrogen) atoms. The summed E-state index contributed by atoms with van der Waals surface area (Å²) in [6, 6.07) is 4.08. The average Bonchev–Trinajstić information content (AvgIpc) is 2.95. The van der Waals surface area contributed by atoms with Crippen molar-refractivity contribution in [2.24, 2.45) is 0 Å². The van der Waals surface area contributed by atoms with Gasteiger partial charge in [0.15, 0.2) is 5.13 Å². The zero-order valence-electron chi connectivity index (χ0n) is 9.05. The number of hydrogen-bond donors (Lipinski definition) is 2. The van der Waals surface area contributed by atoms with Crippen molar-refractivity contribution in [2.45, 2.75) is 19.4 Å². The van der Waals surface area contributed by atoms with E-state index < -0.39 is 5.97 Å². The van der Waals surface area contributed by atoms with Crippen LogP contribution in [-0.4, -0.2) is 16.1 Å². The van der Waals surface area contributed by atoms with Crippen molar-refractivity contribution in [1.82, 2.24) is 4.98 Å². The molecule has 0 aliphatic carbocycles. The average molecular weight is 268 g/mol. The van der Waals surface area contributed by atoms with Crippen LogP contribution in [0.5, 0.6) is 0 Å². The number of carboxylic acid groups (broad SMARTS) is 1. The Morgan fingerprint density at radius 3 is 3.06 bits per heavy atom. The number of thiophene rings is 1. The summed E-state index contributed by atoms with van der Waals surface area (Å²) in [6.45, 7) is 0.767. The molecule has 0 saturated carbocycles. The molecule has 2 aromatic rings. The van der Waals surface area contributed by atoms with Crippen molar-refractivity contribution in [3.05, 3.63) is 33.5 Å². The van der Waals surface area contributed by atoms with Gasteiger partial charge in [0.05, 0.1) is 18.7 Å². The molecule has 6 heteroatoms. The van der Waals surface area contributed by atoms with Crippen molar-refractivity contribution in [3.8, 4) is 0 Å². The Morgan fingerprint density at radius 1 is 1.47 bits per heavy atom. The van der Waals surface area contributed by atoms with Crippen LogP contribution in [0.4, 0.5) is 5.13 Å². The third-order valence-electron chi connectivity index (χ3n) is 2.14. The van der Waals surface area contributed by atoms with Gasteiger partial charge in [-0.2, -0.15) is 0 Å². The number of hydrogen-bond acceptors (Lipinski definition) is 5. The lowest BCUT2D eigenvalue weighted by molar-refractivity contribution is -0.136. The number of thiazole rings is 1. The molecule has 0 bridgehead atoms. The second kappa shape index (κ2) is 5.79. The normalized spacial score (nSPS) is 10.4. The number of anilines is 1. The van der Waals surface area contributed by atoms with Crippen LogP contribution < -0.4 is 5.32 Å². The van der Waals surface area contributed by atoms with Gasteiger partial charge in [0.1, 0.15) is 0 Å². The summed E-state index contributed by atoms with van der Waals surface area (Å²) in [4.78, 5) is 16.0. The van der Waals surface area contributed by atoms with E-state index in [1.807, 2.05) is 16.8 Å². The number of nitrogens with zero attached hydrogens (tertiary/aromatic N) is 1. The molecule has 0 unspecified atom stereocenters. The first-order chi connectivity index (χ1) is 8.24. The Balaban J connectivity index is 1.83. The molecule has 90 valence electrons. The third kappa shape index (κ3) is 3.83. The van der Waals surface area contributed by atoms with Crippen LogP contribution in [0.15, 0.2) is 22.9 Å². The lowest BCUT2D eigenvalue weighted by atomic mass is 10.2. The molecule has 4 nitrogen and oxygen atoms in total. The van der Waals surface area contributed by atoms with Gasteiger partial charge in [-0.15, -0.1) is 22.7 Å². The van der Waals surface area contributed by atoms with E-state index in [2.05, 4.69) is 16.4 Å². The Bertz CT molecular complexity index is 479. The summed E-state index contributed by atoms with van der Waals surface area (Å²) in [5, 5.41) is 16.6. The predicted molar refractivity (Wildman–Crippen MR) is 69.7 cm³/mol. The van der Waals surface area contributed by atoms with Gasteiger partial charge in [-0.25, -0.2) is 4.98 Å². The first kappa shape index (κ1) is 12.1. The highest BCUT2D eigenvalue weighted by Gasteiger charge is 2.04. The molecule has 2 rings (SSSR count). The maximum atomic E-state index is 10.4. The van der Waals surface area contributed by atoms with Gasteiger partial charge >= 0.3 is 5.97 Å². The molecular weight excluding hydrogens is 256 g/mol. The second-order valence-electron chi connectivity index (χ2n) is 3.47. The SMILES string of the molecule is O=C(O)CCc1csc(NCc2cccs2)n1. The predicted octanol–water partition coefficient (Wildman–Crippen LogP) is 2.83. The molecule has 2 heterocycles. The molecule has 0 atom stereocenters. The van der Waals surface area contributed by atoms with E-state index in [-0.39, 0.29) is 6.42 Å². The number of rotatable bonds is 6. The molecule has 0 fully saturated rings. The third-order valence-corrected chi connectivity index (χ3v) is 3.87. The van der Waals surface area contributed by atoms with Crippen LogP contribution in [0.1, 0.15) is 17.0 Å². The molecule has 0 aliphatic rings. The van der Waals surface area contributed by atoms with E-state index in [9.17, 15) is 4.79 Å². The van der Waals surface area contributed by atoms with Crippen LogP contribution in [0, 0.1) is 0 Å². The number of nitrogens with one attached hydrogen (secondary N) is 1. The minimum absolute atomic E-state index is 0.133. The molecule has 0 spiro atoms. The van der Waals surface area contributed by atoms with Crippen molar-refractivity contribution in [3.63, 3.8) is 0 Å². The van der Waals surface area contributed by atoms with E-state index in [0.717, 1.165) is 17.4 Å². The van der Waals surface area contributed by atoms with Crippen LogP contribution in [-0.2, 0) is 17.8 Å². The van der Waals surface area contributed by atoms with Crippen molar-refractivity contribution in [2.75, 3.05) is 5.32 Å². The first-order valence-corrected chi connectivity index (χ1v) is 6.92. The summed E-state index contributed by atoms with van der Waals surface area (Å²) >= 11 is 3.21. The minimum Gasteiger partial charge on any atom is -0.481 e. The summed E-state index contributed by atoms with van der Waals surface area (Å²) < 4.78 is 0. The number of carboxylic acids is 1. The van der Waals surface area contributed by atoms with Crippen molar-refractivity contribution in [1.29, 1.82) is 0 Å². The van der Waals surface area contributed by atoms with Gasteiger partial charge in [-0.05, 0) is 11.4 Å². The Morgan fingerprint density at radius 2 is 2.35 bits per heavy atom. The van der Waals surface area contributed by atoms with Gasteiger partial charge in [0, 0.05) is 16.7 Å². The van der Waals surface area contributed by atoms with E-state index in [1.165, 1.54) is 16.2 Å². The van der Waals surface area contributed by atoms with Gasteiger partial charge in [0.25, 0.3) is 0 Å². The summed E-state index contributed by atoms with van der Waals surface area (Å²) in [7, 11) is 0. The summed E-state index contributed by atoms with van der Waals surface area (Å²) in [5.74, 6) is -0.786. The molecule has 2 N–H and O–H groups in total. The Labute approximate surface area is 107 Å². The van der Waals surface area contributed by atoms with Crippen LogP contribution in [0.3, 0.4) is 0 Å². The number of aromatic nitrogens is 1. The van der Waals surface area contributed by atoms with E-state index in [1.54, 1.807) is 11.3 Å². The highest BCUT2D eigenvalue weighted by Crippen LogP contribution is 2.18. The molecule has 0 aromatic carbocycles. The molecule has 2 aromatic heterocycles. The number of aryl methyl sites for hydroxylation is 1. The minimum atomic E-state index is -0.786. The summed E-state index contributed by atoms with van der Waals surface area (Å²) in [5.41, 5.74) is 0.839. The molecular formula is C11H12N2O2S2. The highest BCUT2D eigenvalue weighted by atomic mass is 32.1. The number of carbonyl (C=O) groups is 1. The number of aliphatic carboxylic acids is 1. The lowest BCUT2D eigenvalue weighted by Gasteiger charge is -1.98. The van der Waals surface area contributed by atoms with E-state index in [0.29, 0.717) is 6.42 Å². The first-order valence-electron chi connectivity index (χ1n) is 5.16. The zero-order valence-corrected chi connectivity index (χ0v) is 10.7. The maximum absolute atomic E-state index is 10.4. The summed E-state index contributed by atoms with van der Waals surface area (Å²) in [6.07, 6.45) is 0.626. The maximum Gasteiger partial charge on any atom is 0.303 e. The molecule has 0 saturated heterocycles. The van der Waals surface area contributed by atoms with Gasteiger partial charge < -0.3 is 10.4 Å². The van der Waals surface area contributed by atoms with Crippen LogP contribution >= 0.6 is 22.7 Å². The Hall–Kier alpha value is -1.40. The molecule has 0 amide bonds. The van der Waals surface area contributed by atoms with Gasteiger partial charge in [0.2, 0.25) is 0 Å². The fourth-order valence-corrected chi connectivity index (χ4v) is 2.70. The zero-order chi connectivity index (χ0) is 12.1. The van der Waals surface area contributed by atoms with Crippen LogP contribution in [0.25, 0.3) is 0 Å². The van der Waals surface area contributed by atoms with Crippen molar-refractivity contribution >= 4 is 33.8 Å². The quantitative estimate of drug-likeness (QED) is 0.845. The Kier molecular flexibility index (Phi) is 4.11. The standard InChI is InChI=1S/C11H12N2O2S2/c14-10(15)4-3-8-7-17-11(13-8)12-6-9-2-1-5-16-9/h1-2,5,7H,3-4,6H2,(H,12,13)(H,14,15). The van der Waals surface area contributed by atoms with E-state index in [4.69, 9.17) is 5.11 Å². The van der Waals surface area contributed by atoms with Gasteiger partial charge in [-0.1, -0.05) is 6.07 Å². The fourth-order valence-electron chi connectivity index (χ4n) is 1.31. The largest absolute Gasteiger partial charge is 0.481 e. The fraction of sp³-hybridized carbons (Fsp3) is 0.273. The topological polar surface area (TPSA) is 62.2 Å². The van der Waals surface area contributed by atoms with E-state index >= 15 is 0 Å². The van der Waals surface area contributed by atoms with Gasteiger partial charge in [-0.3, -0.25) is 4.79 Å². The second-order valence-corrected chi connectivity index (χ2v) is 5.36. The lowest BCUT2D eigenvalue weighted by Crippen LogP contribution is -1.99. The highest BCUT2D eigenvalue weighted by molar-refractivity contribution is 7.13. The molecule has 0 aliphatic heterocycles. The monoisotopic (exact) mass is 268 g/mol. The van der Waals surface area contributed by atoms with Crippen molar-refractivity contribution < 1.29 is 9.90 Å². The molecule has 0 radical (unpaired) electrons.